The van der Waals surface area contributed by atoms with Crippen molar-refractivity contribution >= 4 is 0 Å². The zero-order chi connectivity index (χ0) is 16.3. The van der Waals surface area contributed by atoms with Gasteiger partial charge in [-0.3, -0.25) is 4.90 Å². The van der Waals surface area contributed by atoms with Crippen molar-refractivity contribution in [1.29, 1.82) is 0 Å². The quantitative estimate of drug-likeness (QED) is 0.891. The number of nitrogens with zero attached hydrogens (tertiary/aromatic N) is 1. The molecule has 1 rings (SSSR count). The van der Waals surface area contributed by atoms with Gasteiger partial charge < -0.3 is 5.11 Å². The molecule has 0 aromatic heterocycles. The molecule has 0 amide bonds. The van der Waals surface area contributed by atoms with Crippen LogP contribution in [0.15, 0.2) is 24.3 Å². The first-order chi connectivity index (χ1) is 9.53. The Morgan fingerprint density at radius 2 is 1.62 bits per heavy atom. The van der Waals surface area contributed by atoms with Gasteiger partial charge in [-0.25, -0.2) is 0 Å². The third-order valence-corrected chi connectivity index (χ3v) is 3.44. The first-order valence-electron chi connectivity index (χ1n) is 7.10. The van der Waals surface area contributed by atoms with E-state index in [4.69, 9.17) is 0 Å². The Labute approximate surface area is 124 Å². The molecule has 21 heavy (non-hydrogen) atoms. The molecule has 0 aliphatic carbocycles. The molecule has 0 aliphatic heterocycles. The van der Waals surface area contributed by atoms with Gasteiger partial charge in [0.25, 0.3) is 0 Å². The van der Waals surface area contributed by atoms with E-state index in [0.717, 1.165) is 5.56 Å². The predicted molar refractivity (Wildman–Crippen MR) is 78.3 cm³/mol. The summed E-state index contributed by atoms with van der Waals surface area (Å²) in [4.78, 5) is 1.20. The topological polar surface area (TPSA) is 23.5 Å². The fraction of sp³-hybridized carbons (Fsp3) is 0.625. The van der Waals surface area contributed by atoms with Crippen LogP contribution in [0, 0.1) is 0 Å². The molecule has 120 valence electrons. The normalized spacial score (nSPS) is 14.5. The molecule has 0 aliphatic rings. The fourth-order valence-electron chi connectivity index (χ4n) is 2.11. The average molecular weight is 303 g/mol. The average Bonchev–Trinajstić information content (AvgIpc) is 2.35. The van der Waals surface area contributed by atoms with Crippen molar-refractivity contribution < 1.29 is 18.3 Å². The third kappa shape index (κ3) is 6.06. The number of hydrogen-bond donors (Lipinski definition) is 1. The van der Waals surface area contributed by atoms with E-state index in [0.29, 0.717) is 5.56 Å². The minimum absolute atomic E-state index is 0.00915. The second-order valence-electron chi connectivity index (χ2n) is 6.33. The van der Waals surface area contributed by atoms with Gasteiger partial charge in [0, 0.05) is 6.54 Å². The van der Waals surface area contributed by atoms with Crippen molar-refractivity contribution in [3.63, 3.8) is 0 Å². The molecule has 0 bridgehead atoms. The number of aliphatic hydroxyl groups is 1. The summed E-state index contributed by atoms with van der Waals surface area (Å²) in [5.41, 5.74) is 1.78. The van der Waals surface area contributed by atoms with Crippen molar-refractivity contribution in [3.8, 4) is 0 Å². The molecule has 2 nitrogen and oxygen atoms in total. The molecule has 0 radical (unpaired) electrons. The van der Waals surface area contributed by atoms with Gasteiger partial charge in [0.2, 0.25) is 0 Å². The Hall–Kier alpha value is -1.07. The monoisotopic (exact) mass is 303 g/mol. The zero-order valence-electron chi connectivity index (χ0n) is 13.0. The number of alkyl halides is 3. The Bertz CT molecular complexity index is 434. The first-order valence-corrected chi connectivity index (χ1v) is 7.10. The summed E-state index contributed by atoms with van der Waals surface area (Å²) in [5, 5.41) is 10.1. The van der Waals surface area contributed by atoms with Gasteiger partial charge in [-0.05, 0) is 23.1 Å². The highest BCUT2D eigenvalue weighted by molar-refractivity contribution is 5.28. The second kappa shape index (κ2) is 6.79. The molecular weight excluding hydrogens is 279 g/mol. The Kier molecular flexibility index (Phi) is 5.82. The van der Waals surface area contributed by atoms with Crippen molar-refractivity contribution in [1.82, 2.24) is 4.90 Å². The lowest BCUT2D eigenvalue weighted by Gasteiger charge is -2.25. The van der Waals surface area contributed by atoms with E-state index in [1.807, 2.05) is 12.1 Å². The van der Waals surface area contributed by atoms with E-state index in [9.17, 15) is 18.3 Å². The van der Waals surface area contributed by atoms with Gasteiger partial charge in [-0.1, -0.05) is 52.0 Å². The third-order valence-electron chi connectivity index (χ3n) is 3.44. The van der Waals surface area contributed by atoms with Crippen molar-refractivity contribution in [2.45, 2.75) is 45.4 Å². The largest absolute Gasteiger partial charge is 0.401 e. The summed E-state index contributed by atoms with van der Waals surface area (Å²) in [6, 6.07) is 7.40. The summed E-state index contributed by atoms with van der Waals surface area (Å²) < 4.78 is 37.2. The van der Waals surface area contributed by atoms with Gasteiger partial charge in [0.1, 0.15) is 0 Å². The maximum atomic E-state index is 12.4. The Morgan fingerprint density at radius 3 is 2.00 bits per heavy atom. The molecule has 1 N–H and O–H groups in total. The van der Waals surface area contributed by atoms with E-state index in [1.165, 1.54) is 4.90 Å². The lowest BCUT2D eigenvalue weighted by molar-refractivity contribution is -0.148. The van der Waals surface area contributed by atoms with Crippen LogP contribution in [0.2, 0.25) is 0 Å². The SMILES string of the molecule is CCN(CC(O)c1ccc(C(C)(C)C)cc1)CC(F)(F)F. The highest BCUT2D eigenvalue weighted by Crippen LogP contribution is 2.25. The first kappa shape index (κ1) is 18.0. The molecule has 0 fully saturated rings. The molecule has 1 aromatic rings. The maximum absolute atomic E-state index is 12.4. The van der Waals surface area contributed by atoms with Gasteiger partial charge in [-0.2, -0.15) is 13.2 Å². The van der Waals surface area contributed by atoms with Crippen LogP contribution in [0.5, 0.6) is 0 Å². The second-order valence-corrected chi connectivity index (χ2v) is 6.33. The fourth-order valence-corrected chi connectivity index (χ4v) is 2.11. The van der Waals surface area contributed by atoms with Gasteiger partial charge in [0.05, 0.1) is 12.6 Å². The van der Waals surface area contributed by atoms with E-state index in [2.05, 4.69) is 20.8 Å². The number of hydrogen-bond acceptors (Lipinski definition) is 2. The van der Waals surface area contributed by atoms with Crippen LogP contribution >= 0.6 is 0 Å². The van der Waals surface area contributed by atoms with Crippen LogP contribution in [0.1, 0.15) is 44.9 Å². The van der Waals surface area contributed by atoms with Crippen LogP contribution in [-0.2, 0) is 5.41 Å². The van der Waals surface area contributed by atoms with Crippen LogP contribution in [0.25, 0.3) is 0 Å². The van der Waals surface area contributed by atoms with Gasteiger partial charge in [-0.15, -0.1) is 0 Å². The predicted octanol–water partition coefficient (Wildman–Crippen LogP) is 3.90. The summed E-state index contributed by atoms with van der Waals surface area (Å²) >= 11 is 0. The molecule has 1 aromatic carbocycles. The molecule has 0 saturated carbocycles. The van der Waals surface area contributed by atoms with Gasteiger partial charge in [0.15, 0.2) is 0 Å². The number of aliphatic hydroxyl groups excluding tert-OH is 1. The molecule has 5 heteroatoms. The number of benzene rings is 1. The number of likely N-dealkylation sites (N-methyl/N-ethyl adjacent to an activating group) is 1. The number of rotatable bonds is 5. The number of halogens is 3. The van der Waals surface area contributed by atoms with Crippen molar-refractivity contribution in [2.75, 3.05) is 19.6 Å². The summed E-state index contributed by atoms with van der Waals surface area (Å²) in [7, 11) is 0. The van der Waals surface area contributed by atoms with E-state index in [1.54, 1.807) is 19.1 Å². The summed E-state index contributed by atoms with van der Waals surface area (Å²) in [6.07, 6.45) is -5.16. The molecule has 1 unspecified atom stereocenters. The van der Waals surface area contributed by atoms with Crippen LogP contribution < -0.4 is 0 Å². The standard InChI is InChI=1S/C16H24F3NO/c1-5-20(11-16(17,18)19)10-14(21)12-6-8-13(9-7-12)15(2,3)4/h6-9,14,21H,5,10-11H2,1-4H3. The maximum Gasteiger partial charge on any atom is 0.401 e. The van der Waals surface area contributed by atoms with E-state index < -0.39 is 18.8 Å². The van der Waals surface area contributed by atoms with Gasteiger partial charge >= 0.3 is 6.18 Å². The summed E-state index contributed by atoms with van der Waals surface area (Å²) in [5.74, 6) is 0. The Morgan fingerprint density at radius 1 is 1.10 bits per heavy atom. The minimum atomic E-state index is -4.24. The molecule has 0 saturated heterocycles. The molecule has 0 spiro atoms. The van der Waals surface area contributed by atoms with Crippen molar-refractivity contribution in [3.05, 3.63) is 35.4 Å². The minimum Gasteiger partial charge on any atom is -0.387 e. The summed E-state index contributed by atoms with van der Waals surface area (Å²) in [6.45, 7) is 7.13. The van der Waals surface area contributed by atoms with Crippen LogP contribution in [0.4, 0.5) is 13.2 Å². The zero-order valence-corrected chi connectivity index (χ0v) is 13.0. The molecule has 0 heterocycles. The Balaban J connectivity index is 2.72. The lowest BCUT2D eigenvalue weighted by atomic mass is 9.86. The van der Waals surface area contributed by atoms with Crippen LogP contribution in [-0.4, -0.2) is 35.8 Å². The van der Waals surface area contributed by atoms with Crippen LogP contribution in [0.3, 0.4) is 0 Å². The lowest BCUT2D eigenvalue weighted by Crippen LogP contribution is -2.36. The smallest absolute Gasteiger partial charge is 0.387 e. The highest BCUT2D eigenvalue weighted by atomic mass is 19.4. The van der Waals surface area contributed by atoms with E-state index >= 15 is 0 Å². The molecular formula is C16H24F3NO. The molecule has 1 atom stereocenters. The van der Waals surface area contributed by atoms with E-state index in [-0.39, 0.29) is 18.5 Å². The van der Waals surface area contributed by atoms with Crippen molar-refractivity contribution in [2.24, 2.45) is 0 Å². The highest BCUT2D eigenvalue weighted by Gasteiger charge is 2.31.